The van der Waals surface area contributed by atoms with Gasteiger partial charge in [-0.15, -0.1) is 0 Å². The molecule has 0 aliphatic carbocycles. The molecule has 0 saturated carbocycles. The van der Waals surface area contributed by atoms with E-state index in [9.17, 15) is 0 Å². The Morgan fingerprint density at radius 2 is 1.55 bits per heavy atom. The van der Waals surface area contributed by atoms with Gasteiger partial charge in [0, 0.05) is 23.1 Å². The maximum atomic E-state index is 6.02. The highest BCUT2D eigenvalue weighted by molar-refractivity contribution is 9.10. The van der Waals surface area contributed by atoms with Crippen LogP contribution in [-0.4, -0.2) is 14.2 Å². The first-order valence-electron chi connectivity index (χ1n) is 9.48. The molecular formula is C24H26BrNO3. The van der Waals surface area contributed by atoms with Crippen LogP contribution in [0.25, 0.3) is 0 Å². The SMILES string of the molecule is COc1ccccc1CNCc1cc(OC)c(OCc2cccc(C)c2)cc1Br. The lowest BCUT2D eigenvalue weighted by atomic mass is 10.1. The van der Waals surface area contributed by atoms with Gasteiger partial charge in [-0.25, -0.2) is 0 Å². The van der Waals surface area contributed by atoms with Crippen molar-refractivity contribution in [3.05, 3.63) is 87.4 Å². The summed E-state index contributed by atoms with van der Waals surface area (Å²) in [6.45, 7) is 3.97. The molecule has 3 aromatic carbocycles. The van der Waals surface area contributed by atoms with Crippen molar-refractivity contribution in [1.29, 1.82) is 0 Å². The second-order valence-electron chi connectivity index (χ2n) is 6.79. The first kappa shape index (κ1) is 21.2. The fourth-order valence-electron chi connectivity index (χ4n) is 3.13. The van der Waals surface area contributed by atoms with Crippen LogP contribution < -0.4 is 19.5 Å². The summed E-state index contributed by atoms with van der Waals surface area (Å²) in [4.78, 5) is 0. The Labute approximate surface area is 180 Å². The topological polar surface area (TPSA) is 39.7 Å². The van der Waals surface area contributed by atoms with Crippen LogP contribution in [0.5, 0.6) is 17.2 Å². The van der Waals surface area contributed by atoms with Gasteiger partial charge < -0.3 is 19.5 Å². The van der Waals surface area contributed by atoms with E-state index in [1.54, 1.807) is 14.2 Å². The highest BCUT2D eigenvalue weighted by atomic mass is 79.9. The van der Waals surface area contributed by atoms with Crippen molar-refractivity contribution in [3.8, 4) is 17.2 Å². The predicted molar refractivity (Wildman–Crippen MR) is 120 cm³/mol. The normalized spacial score (nSPS) is 10.6. The molecule has 0 aromatic heterocycles. The van der Waals surface area contributed by atoms with Gasteiger partial charge in [-0.05, 0) is 36.2 Å². The summed E-state index contributed by atoms with van der Waals surface area (Å²) in [7, 11) is 3.35. The van der Waals surface area contributed by atoms with Crippen molar-refractivity contribution < 1.29 is 14.2 Å². The molecule has 4 nitrogen and oxygen atoms in total. The highest BCUT2D eigenvalue weighted by Gasteiger charge is 2.11. The van der Waals surface area contributed by atoms with Crippen molar-refractivity contribution in [2.45, 2.75) is 26.6 Å². The number of aryl methyl sites for hydroxylation is 1. The molecule has 0 amide bonds. The minimum atomic E-state index is 0.496. The van der Waals surface area contributed by atoms with Gasteiger partial charge >= 0.3 is 0 Å². The third-order valence-corrected chi connectivity index (χ3v) is 5.37. The third-order valence-electron chi connectivity index (χ3n) is 4.63. The molecule has 0 aliphatic rings. The van der Waals surface area contributed by atoms with Crippen LogP contribution in [-0.2, 0) is 19.7 Å². The molecule has 0 radical (unpaired) electrons. The summed E-state index contributed by atoms with van der Waals surface area (Å²) in [5.41, 5.74) is 4.57. The molecular weight excluding hydrogens is 430 g/mol. The first-order chi connectivity index (χ1) is 14.1. The molecule has 1 N–H and O–H groups in total. The van der Waals surface area contributed by atoms with Crippen molar-refractivity contribution in [2.75, 3.05) is 14.2 Å². The largest absolute Gasteiger partial charge is 0.496 e. The number of methoxy groups -OCH3 is 2. The maximum absolute atomic E-state index is 6.02. The third kappa shape index (κ3) is 5.75. The quantitative estimate of drug-likeness (QED) is 0.452. The van der Waals surface area contributed by atoms with Crippen LogP contribution in [0.2, 0.25) is 0 Å². The molecule has 0 aliphatic heterocycles. The minimum absolute atomic E-state index is 0.496. The van der Waals surface area contributed by atoms with Crippen molar-refractivity contribution in [2.24, 2.45) is 0 Å². The predicted octanol–water partition coefficient (Wildman–Crippen LogP) is 5.64. The molecule has 0 bridgehead atoms. The van der Waals surface area contributed by atoms with Crippen LogP contribution >= 0.6 is 15.9 Å². The average molecular weight is 456 g/mol. The number of nitrogens with one attached hydrogen (secondary N) is 1. The van der Waals surface area contributed by atoms with Crippen molar-refractivity contribution in [3.63, 3.8) is 0 Å². The van der Waals surface area contributed by atoms with E-state index in [4.69, 9.17) is 14.2 Å². The second kappa shape index (κ2) is 10.3. The van der Waals surface area contributed by atoms with Crippen molar-refractivity contribution >= 4 is 15.9 Å². The summed E-state index contributed by atoms with van der Waals surface area (Å²) in [6.07, 6.45) is 0. The molecule has 0 heterocycles. The summed E-state index contributed by atoms with van der Waals surface area (Å²) in [5, 5.41) is 3.46. The van der Waals surface area contributed by atoms with Gasteiger partial charge in [0.2, 0.25) is 0 Å². The van der Waals surface area contributed by atoms with Crippen LogP contribution in [0.15, 0.2) is 65.1 Å². The van der Waals surface area contributed by atoms with E-state index in [0.717, 1.165) is 32.7 Å². The van der Waals surface area contributed by atoms with Crippen LogP contribution in [0.1, 0.15) is 22.3 Å². The van der Waals surface area contributed by atoms with E-state index < -0.39 is 0 Å². The number of ether oxygens (including phenoxy) is 3. The Bertz CT molecular complexity index is 959. The van der Waals surface area contributed by atoms with Gasteiger partial charge in [0.05, 0.1) is 14.2 Å². The van der Waals surface area contributed by atoms with Gasteiger partial charge in [-0.3, -0.25) is 0 Å². The molecule has 0 fully saturated rings. The number of para-hydroxylation sites is 1. The molecule has 152 valence electrons. The van der Waals surface area contributed by atoms with E-state index in [2.05, 4.69) is 52.4 Å². The lowest BCUT2D eigenvalue weighted by Gasteiger charge is -2.15. The average Bonchev–Trinajstić information content (AvgIpc) is 2.74. The molecule has 0 saturated heterocycles. The van der Waals surface area contributed by atoms with Gasteiger partial charge in [-0.1, -0.05) is 64.0 Å². The molecule has 0 atom stereocenters. The number of hydrogen-bond acceptors (Lipinski definition) is 4. The Hall–Kier alpha value is -2.50. The monoisotopic (exact) mass is 455 g/mol. The van der Waals surface area contributed by atoms with E-state index in [1.165, 1.54) is 5.56 Å². The summed E-state index contributed by atoms with van der Waals surface area (Å²) < 4.78 is 18.0. The zero-order valence-electron chi connectivity index (χ0n) is 17.0. The smallest absolute Gasteiger partial charge is 0.162 e. The van der Waals surface area contributed by atoms with E-state index in [-0.39, 0.29) is 0 Å². The molecule has 0 unspecified atom stereocenters. The van der Waals surface area contributed by atoms with Gasteiger partial charge in [0.1, 0.15) is 12.4 Å². The minimum Gasteiger partial charge on any atom is -0.496 e. The highest BCUT2D eigenvalue weighted by Crippen LogP contribution is 2.34. The lowest BCUT2D eigenvalue weighted by Crippen LogP contribution is -2.14. The number of halogens is 1. The van der Waals surface area contributed by atoms with Gasteiger partial charge in [-0.2, -0.15) is 0 Å². The Kier molecular flexibility index (Phi) is 7.55. The Balaban J connectivity index is 1.66. The van der Waals surface area contributed by atoms with Gasteiger partial charge in [0.25, 0.3) is 0 Å². The molecule has 0 spiro atoms. The maximum Gasteiger partial charge on any atom is 0.162 e. The van der Waals surface area contributed by atoms with E-state index in [1.807, 2.05) is 36.4 Å². The van der Waals surface area contributed by atoms with Crippen LogP contribution in [0.3, 0.4) is 0 Å². The van der Waals surface area contributed by atoms with Crippen LogP contribution in [0.4, 0.5) is 0 Å². The Morgan fingerprint density at radius 3 is 2.31 bits per heavy atom. The summed E-state index contributed by atoms with van der Waals surface area (Å²) in [6, 6.07) is 20.3. The van der Waals surface area contributed by atoms with Crippen LogP contribution in [0, 0.1) is 6.92 Å². The number of hydrogen-bond donors (Lipinski definition) is 1. The standard InChI is InChI=1S/C24H26BrNO3/c1-17-7-6-8-18(11-17)16-29-24-13-21(25)20(12-23(24)28-3)15-26-14-19-9-4-5-10-22(19)27-2/h4-13,26H,14-16H2,1-3H3. The Morgan fingerprint density at radius 1 is 0.793 bits per heavy atom. The molecule has 5 heteroatoms. The number of rotatable bonds is 9. The first-order valence-corrected chi connectivity index (χ1v) is 10.3. The molecule has 3 rings (SSSR count). The van der Waals surface area contributed by atoms with E-state index in [0.29, 0.717) is 25.4 Å². The fraction of sp³-hybridized carbons (Fsp3) is 0.250. The van der Waals surface area contributed by atoms with Gasteiger partial charge in [0.15, 0.2) is 11.5 Å². The summed E-state index contributed by atoms with van der Waals surface area (Å²) >= 11 is 3.66. The fourth-order valence-corrected chi connectivity index (χ4v) is 3.59. The molecule has 3 aromatic rings. The molecule has 29 heavy (non-hydrogen) atoms. The summed E-state index contributed by atoms with van der Waals surface area (Å²) in [5.74, 6) is 2.32. The zero-order chi connectivity index (χ0) is 20.6. The van der Waals surface area contributed by atoms with E-state index >= 15 is 0 Å². The lowest BCUT2D eigenvalue weighted by molar-refractivity contribution is 0.284. The number of benzene rings is 3. The zero-order valence-corrected chi connectivity index (χ0v) is 18.6. The second-order valence-corrected chi connectivity index (χ2v) is 7.64. The van der Waals surface area contributed by atoms with Crippen molar-refractivity contribution in [1.82, 2.24) is 5.32 Å².